The van der Waals surface area contributed by atoms with Gasteiger partial charge in [0, 0.05) is 22.4 Å². The number of hydrogen-bond donors (Lipinski definition) is 0. The smallest absolute Gasteiger partial charge is 0.0803 e. The third-order valence-electron chi connectivity index (χ3n) is 1.18. The van der Waals surface area contributed by atoms with Crippen LogP contribution in [0.3, 0.4) is 0 Å². The molecule has 0 saturated carbocycles. The van der Waals surface area contributed by atoms with E-state index in [1.54, 1.807) is 0 Å². The summed E-state index contributed by atoms with van der Waals surface area (Å²) >= 11 is 0. The van der Waals surface area contributed by atoms with Crippen LogP contribution in [-0.4, -0.2) is 23.6 Å². The molecule has 4 amide bonds. The molecule has 0 spiro atoms. The number of hydrogen-bond acceptors (Lipinski definition) is 4. The number of carbonyl (C=O) groups excluding carboxylic acids is 4. The van der Waals surface area contributed by atoms with Crippen molar-refractivity contribution < 1.29 is 41.6 Å². The molecule has 0 atom stereocenters. The molecule has 0 aliphatic carbocycles. The largest absolute Gasteiger partial charge is 0.693 e. The second-order valence-electron chi connectivity index (χ2n) is 2.24. The Balaban J connectivity index is -0.000000196. The summed E-state index contributed by atoms with van der Waals surface area (Å²) in [6.45, 7) is 0. The van der Waals surface area contributed by atoms with Crippen LogP contribution in [0.5, 0.6) is 0 Å². The third-order valence-corrected chi connectivity index (χ3v) is 1.18. The van der Waals surface area contributed by atoms with Gasteiger partial charge in [0.15, 0.2) is 0 Å². The number of nitrogens with two attached hydrogens (primary N) is 2. The molecule has 8 nitrogen and oxygen atoms in total. The van der Waals surface area contributed by atoms with Crippen molar-refractivity contribution in [3.8, 4) is 0 Å². The van der Waals surface area contributed by atoms with Crippen LogP contribution in [-0.2, 0) is 41.6 Å². The van der Waals surface area contributed by atoms with E-state index in [1.165, 1.54) is 0 Å². The van der Waals surface area contributed by atoms with Gasteiger partial charge in [-0.1, -0.05) is 0 Å². The van der Waals surface area contributed by atoms with E-state index >= 15 is 0 Å². The molecule has 9 heteroatoms. The van der Waals surface area contributed by atoms with E-state index < -0.39 is 23.6 Å². The first kappa shape index (κ1) is 20.8. The van der Waals surface area contributed by atoms with Crippen molar-refractivity contribution in [1.29, 1.82) is 0 Å². The topological polar surface area (TPSA) is 163 Å². The Kier molecular flexibility index (Phi) is 11.8. The molecule has 2 aliphatic rings. The van der Waals surface area contributed by atoms with Gasteiger partial charge in [-0.05, 0) is 24.3 Å². The summed E-state index contributed by atoms with van der Waals surface area (Å²) in [5.41, 5.74) is 0. The number of rotatable bonds is 0. The van der Waals surface area contributed by atoms with Crippen molar-refractivity contribution in [2.75, 3.05) is 0 Å². The zero-order chi connectivity index (χ0) is 10.6. The van der Waals surface area contributed by atoms with Crippen molar-refractivity contribution in [1.82, 2.24) is 0 Å². The summed E-state index contributed by atoms with van der Waals surface area (Å²) in [4.78, 5) is 39.9. The number of carbonyl (C=O) groups is 4. The van der Waals surface area contributed by atoms with E-state index in [-0.39, 0.29) is 34.7 Å². The molecule has 2 rings (SSSR count). The maximum atomic E-state index is 9.98. The normalized spacial score (nSPS) is 14.6. The van der Waals surface area contributed by atoms with Gasteiger partial charge >= 0.3 is 0 Å². The van der Waals surface area contributed by atoms with Gasteiger partial charge in [0.2, 0.25) is 0 Å². The van der Waals surface area contributed by atoms with Gasteiger partial charge in [-0.25, -0.2) is 0 Å². The van der Waals surface area contributed by atoms with E-state index in [0.717, 1.165) is 24.3 Å². The van der Waals surface area contributed by atoms with Gasteiger partial charge in [-0.15, -0.1) is 0 Å². The summed E-state index contributed by atoms with van der Waals surface area (Å²) < 4.78 is 0. The number of amides is 4. The average molecular weight is 332 g/mol. The number of imide groups is 2. The Bertz CT molecular complexity index is 310. The van der Waals surface area contributed by atoms with Crippen LogP contribution >= 0.6 is 0 Å². The van der Waals surface area contributed by atoms with E-state index in [0.29, 0.717) is 0 Å². The molecule has 0 unspecified atom stereocenters. The van der Waals surface area contributed by atoms with Gasteiger partial charge in [-0.2, -0.15) is 0 Å². The standard InChI is InChI=1S/2C4H3NO2.Ag.2H2N/c2*6-3-1-2-4(7)5-3;;;/h2*1-2H,(H,5,6,7);;2*1H2/q;;;2*-1/p-2. The first-order chi connectivity index (χ1) is 6.58. The molecule has 0 aromatic rings. The molecule has 0 saturated heterocycles. The summed E-state index contributed by atoms with van der Waals surface area (Å²) in [5, 5.41) is 6.00. The van der Waals surface area contributed by atoms with E-state index in [2.05, 4.69) is 10.6 Å². The molecule has 0 aromatic heterocycles. The molecule has 0 bridgehead atoms. The number of nitrogens with zero attached hydrogens (tertiary/aromatic N) is 2. The van der Waals surface area contributed by atoms with Crippen molar-refractivity contribution in [3.05, 3.63) is 47.2 Å². The minimum absolute atomic E-state index is 0. The minimum Gasteiger partial charge on any atom is -0.693 e. The van der Waals surface area contributed by atoms with Crippen LogP contribution in [0.25, 0.3) is 22.9 Å². The fraction of sp³-hybridized carbons (Fsp3) is 0. The van der Waals surface area contributed by atoms with Crippen molar-refractivity contribution in [2.24, 2.45) is 0 Å². The summed E-state index contributed by atoms with van der Waals surface area (Å²) in [5.74, 6) is -1.81. The summed E-state index contributed by atoms with van der Waals surface area (Å²) in [7, 11) is 0. The van der Waals surface area contributed by atoms with Gasteiger partial charge in [0.25, 0.3) is 0 Å². The van der Waals surface area contributed by atoms with Gasteiger partial charge < -0.3 is 42.1 Å². The van der Waals surface area contributed by atoms with Crippen LogP contribution in [0.2, 0.25) is 0 Å². The molecule has 0 aromatic carbocycles. The monoisotopic (exact) mass is 331 g/mol. The fourth-order valence-corrected chi connectivity index (χ4v) is 0.651. The molecule has 4 N–H and O–H groups in total. The predicted octanol–water partition coefficient (Wildman–Crippen LogP) is 1.40. The Morgan fingerprint density at radius 1 is 0.588 bits per heavy atom. The van der Waals surface area contributed by atoms with E-state index in [1.807, 2.05) is 0 Å². The maximum absolute atomic E-state index is 9.98. The van der Waals surface area contributed by atoms with Crippen molar-refractivity contribution in [2.45, 2.75) is 0 Å². The Labute approximate surface area is 113 Å². The molecule has 0 fully saturated rings. The maximum Gasteiger partial charge on any atom is 0.0803 e. The van der Waals surface area contributed by atoms with E-state index in [9.17, 15) is 19.2 Å². The average Bonchev–Trinajstić information content (AvgIpc) is 2.63. The Morgan fingerprint density at radius 2 is 0.765 bits per heavy atom. The predicted molar refractivity (Wildman–Crippen MR) is 55.6 cm³/mol. The Hall–Kier alpha value is -1.58. The van der Waals surface area contributed by atoms with Gasteiger partial charge in [-0.3, -0.25) is 0 Å². The second-order valence-corrected chi connectivity index (χ2v) is 2.24. The van der Waals surface area contributed by atoms with Crippen molar-refractivity contribution >= 4 is 23.6 Å². The quantitative estimate of drug-likeness (QED) is 0.483. The molecule has 17 heavy (non-hydrogen) atoms. The van der Waals surface area contributed by atoms with Crippen LogP contribution in [0.4, 0.5) is 0 Å². The summed E-state index contributed by atoms with van der Waals surface area (Å²) in [6.07, 6.45) is 4.56. The molecule has 2 heterocycles. The van der Waals surface area contributed by atoms with Crippen LogP contribution in [0.1, 0.15) is 0 Å². The molecule has 2 aliphatic heterocycles. The first-order valence-corrected chi connectivity index (χ1v) is 3.53. The van der Waals surface area contributed by atoms with Crippen molar-refractivity contribution in [3.63, 3.8) is 0 Å². The first-order valence-electron chi connectivity index (χ1n) is 3.53. The minimum atomic E-state index is -0.454. The van der Waals surface area contributed by atoms with Gasteiger partial charge in [0.1, 0.15) is 0 Å². The van der Waals surface area contributed by atoms with Gasteiger partial charge in [0.05, 0.1) is 23.6 Å². The zero-order valence-corrected chi connectivity index (χ0v) is 9.78. The zero-order valence-electron chi connectivity index (χ0n) is 8.29. The van der Waals surface area contributed by atoms with Crippen LogP contribution < -0.4 is 0 Å². The molecular weight excluding hydrogens is 324 g/mol. The fourth-order valence-electron chi connectivity index (χ4n) is 0.651. The van der Waals surface area contributed by atoms with Crippen LogP contribution in [0, 0.1) is 0 Å². The van der Waals surface area contributed by atoms with Crippen LogP contribution in [0.15, 0.2) is 24.3 Å². The Morgan fingerprint density at radius 3 is 0.824 bits per heavy atom. The third kappa shape index (κ3) is 8.25. The van der Waals surface area contributed by atoms with E-state index in [4.69, 9.17) is 0 Å². The molecular formula is C8H8AgN4O4-4. The summed E-state index contributed by atoms with van der Waals surface area (Å²) in [6, 6.07) is 0. The second kappa shape index (κ2) is 9.63. The SMILES string of the molecule is O=C1C=CC(=O)[N-]1.O=C1C=CC(=O)[N-]1.[Ag].[NH2-].[NH2-]. The molecule has 99 valence electrons. The molecule has 1 radical (unpaired) electrons.